The topological polar surface area (TPSA) is 3.24 Å². The maximum atomic E-state index is 6.09. The van der Waals surface area contributed by atoms with Gasteiger partial charge in [0.05, 0.1) is 0 Å². The van der Waals surface area contributed by atoms with Crippen LogP contribution in [0.25, 0.3) is 5.57 Å². The first kappa shape index (κ1) is 13.6. The largest absolute Gasteiger partial charge is 0.299 e. The van der Waals surface area contributed by atoms with E-state index in [1.54, 1.807) is 0 Å². The average Bonchev–Trinajstić information content (AvgIpc) is 2.33. The van der Waals surface area contributed by atoms with Crippen molar-refractivity contribution in [3.05, 3.63) is 46.3 Å². The number of benzene rings is 1. The summed E-state index contributed by atoms with van der Waals surface area (Å²) in [6.45, 7) is 9.84. The van der Waals surface area contributed by atoms with Gasteiger partial charge in [-0.1, -0.05) is 37.6 Å². The van der Waals surface area contributed by atoms with Crippen molar-refractivity contribution >= 4 is 17.2 Å². The quantitative estimate of drug-likeness (QED) is 0.783. The van der Waals surface area contributed by atoms with Gasteiger partial charge in [0.1, 0.15) is 0 Å². The zero-order valence-corrected chi connectivity index (χ0v) is 12.2. The van der Waals surface area contributed by atoms with Crippen LogP contribution in [0.5, 0.6) is 0 Å². The van der Waals surface area contributed by atoms with Crippen molar-refractivity contribution in [2.45, 2.75) is 27.2 Å². The van der Waals surface area contributed by atoms with Crippen LogP contribution in [-0.2, 0) is 0 Å². The third-order valence-corrected chi connectivity index (χ3v) is 3.61. The molecule has 2 rings (SSSR count). The van der Waals surface area contributed by atoms with Crippen LogP contribution in [0.3, 0.4) is 0 Å². The molecule has 0 fully saturated rings. The van der Waals surface area contributed by atoms with Crippen LogP contribution in [0.4, 0.5) is 0 Å². The van der Waals surface area contributed by atoms with Gasteiger partial charge in [0, 0.05) is 24.7 Å². The molecule has 1 nitrogen and oxygen atoms in total. The lowest BCUT2D eigenvalue weighted by molar-refractivity contribution is 0.313. The third kappa shape index (κ3) is 3.37. The molecule has 1 aliphatic heterocycles. The van der Waals surface area contributed by atoms with E-state index >= 15 is 0 Å². The van der Waals surface area contributed by atoms with Gasteiger partial charge in [0.2, 0.25) is 0 Å². The number of rotatable bonds is 3. The maximum Gasteiger partial charge on any atom is 0.0412 e. The molecule has 1 radical (unpaired) electrons. The standard InChI is InChI=1S/C16H21ClN/c1-12(2)11-18-8-6-14(7-9-18)16-10-15(17)5-4-13(16)3/h4-6,10H,7-9,11H2,1-3H3. The summed E-state index contributed by atoms with van der Waals surface area (Å²) in [5.74, 6) is 1.48. The predicted molar refractivity (Wildman–Crippen MR) is 79.8 cm³/mol. The highest BCUT2D eigenvalue weighted by molar-refractivity contribution is 6.30. The lowest BCUT2D eigenvalue weighted by Gasteiger charge is -2.28. The highest BCUT2D eigenvalue weighted by Gasteiger charge is 2.15. The lowest BCUT2D eigenvalue weighted by Crippen LogP contribution is -2.31. The Labute approximate surface area is 115 Å². The number of nitrogens with zero attached hydrogens (tertiary/aromatic N) is 1. The van der Waals surface area contributed by atoms with Gasteiger partial charge in [-0.3, -0.25) is 4.90 Å². The van der Waals surface area contributed by atoms with Gasteiger partial charge in [-0.2, -0.15) is 0 Å². The van der Waals surface area contributed by atoms with Crippen molar-refractivity contribution in [1.29, 1.82) is 0 Å². The summed E-state index contributed by atoms with van der Waals surface area (Å²) >= 11 is 6.09. The Morgan fingerprint density at radius 3 is 2.72 bits per heavy atom. The van der Waals surface area contributed by atoms with E-state index in [1.807, 2.05) is 6.07 Å². The van der Waals surface area contributed by atoms with E-state index in [9.17, 15) is 0 Å². The Morgan fingerprint density at radius 2 is 2.11 bits per heavy atom. The van der Waals surface area contributed by atoms with Gasteiger partial charge in [0.15, 0.2) is 0 Å². The van der Waals surface area contributed by atoms with Crippen LogP contribution in [0, 0.1) is 12.8 Å². The second-order valence-electron chi connectivity index (χ2n) is 5.38. The summed E-state index contributed by atoms with van der Waals surface area (Å²) in [6.07, 6.45) is 3.47. The smallest absolute Gasteiger partial charge is 0.0412 e. The number of halogens is 1. The summed E-state index contributed by atoms with van der Waals surface area (Å²) < 4.78 is 0. The summed E-state index contributed by atoms with van der Waals surface area (Å²) in [5.41, 5.74) is 4.08. The van der Waals surface area contributed by atoms with Crippen LogP contribution in [-0.4, -0.2) is 24.5 Å². The zero-order valence-electron chi connectivity index (χ0n) is 11.5. The summed E-state index contributed by atoms with van der Waals surface area (Å²) in [6, 6.07) is 6.16. The molecule has 97 valence electrons. The molecule has 0 unspecified atom stereocenters. The molecule has 1 aromatic carbocycles. The van der Waals surface area contributed by atoms with Gasteiger partial charge in [-0.15, -0.1) is 0 Å². The molecular weight excluding hydrogens is 242 g/mol. The molecule has 0 saturated carbocycles. The van der Waals surface area contributed by atoms with Crippen LogP contribution < -0.4 is 0 Å². The minimum absolute atomic E-state index is 0.830. The second-order valence-corrected chi connectivity index (χ2v) is 5.82. The molecule has 1 heterocycles. The highest BCUT2D eigenvalue weighted by atomic mass is 35.5. The normalized spacial score (nSPS) is 17.1. The fourth-order valence-corrected chi connectivity index (χ4v) is 2.66. The second kappa shape index (κ2) is 5.90. The number of hydrogen-bond acceptors (Lipinski definition) is 1. The van der Waals surface area contributed by atoms with E-state index in [-0.39, 0.29) is 0 Å². The Balaban J connectivity index is 2.11. The van der Waals surface area contributed by atoms with Gasteiger partial charge < -0.3 is 0 Å². The summed E-state index contributed by atoms with van der Waals surface area (Å²) in [5, 5.41) is 0.830. The van der Waals surface area contributed by atoms with Crippen molar-refractivity contribution in [2.75, 3.05) is 19.6 Å². The molecule has 0 bridgehead atoms. The minimum Gasteiger partial charge on any atom is -0.299 e. The van der Waals surface area contributed by atoms with E-state index in [4.69, 9.17) is 11.6 Å². The van der Waals surface area contributed by atoms with E-state index in [0.717, 1.165) is 31.1 Å². The average molecular weight is 263 g/mol. The first-order valence-electron chi connectivity index (χ1n) is 6.53. The van der Waals surface area contributed by atoms with Crippen molar-refractivity contribution in [3.8, 4) is 0 Å². The fourth-order valence-electron chi connectivity index (χ4n) is 2.49. The Morgan fingerprint density at radius 1 is 1.33 bits per heavy atom. The predicted octanol–water partition coefficient (Wildman–Crippen LogP) is 4.35. The molecule has 18 heavy (non-hydrogen) atoms. The van der Waals surface area contributed by atoms with Gasteiger partial charge in [-0.05, 0) is 48.1 Å². The Bertz CT molecular complexity index is 448. The van der Waals surface area contributed by atoms with Gasteiger partial charge >= 0.3 is 0 Å². The molecule has 0 atom stereocenters. The summed E-state index contributed by atoms with van der Waals surface area (Å²) in [4.78, 5) is 2.48. The van der Waals surface area contributed by atoms with Crippen LogP contribution in [0.1, 0.15) is 31.4 Å². The minimum atomic E-state index is 0.830. The monoisotopic (exact) mass is 262 g/mol. The summed E-state index contributed by atoms with van der Waals surface area (Å²) in [7, 11) is 0. The maximum absolute atomic E-state index is 6.09. The lowest BCUT2D eigenvalue weighted by atomic mass is 9.95. The first-order chi connectivity index (χ1) is 8.56. The zero-order chi connectivity index (χ0) is 13.1. The molecule has 0 aliphatic carbocycles. The van der Waals surface area contributed by atoms with Crippen molar-refractivity contribution in [1.82, 2.24) is 4.90 Å². The van der Waals surface area contributed by atoms with E-state index in [0.29, 0.717) is 0 Å². The van der Waals surface area contributed by atoms with Gasteiger partial charge in [0.25, 0.3) is 0 Å². The molecular formula is C16H21ClN. The van der Waals surface area contributed by atoms with E-state index in [2.05, 4.69) is 43.9 Å². The molecule has 0 amide bonds. The van der Waals surface area contributed by atoms with Crippen LogP contribution in [0.2, 0.25) is 5.02 Å². The Hall–Kier alpha value is -0.790. The molecule has 2 heteroatoms. The molecule has 0 N–H and O–H groups in total. The molecule has 1 aliphatic rings. The van der Waals surface area contributed by atoms with E-state index in [1.165, 1.54) is 22.6 Å². The van der Waals surface area contributed by atoms with Crippen molar-refractivity contribution in [2.24, 2.45) is 0 Å². The molecule has 1 aromatic rings. The number of aryl methyl sites for hydroxylation is 1. The third-order valence-electron chi connectivity index (χ3n) is 3.38. The van der Waals surface area contributed by atoms with Crippen molar-refractivity contribution < 1.29 is 0 Å². The van der Waals surface area contributed by atoms with Crippen molar-refractivity contribution in [3.63, 3.8) is 0 Å². The fraction of sp³-hybridized carbons (Fsp3) is 0.438. The SMILES string of the molecule is C[C](C)CN1CC=C(c2cc(Cl)ccc2C)CC1. The van der Waals surface area contributed by atoms with Gasteiger partial charge in [-0.25, -0.2) is 0 Å². The number of hydrogen-bond donors (Lipinski definition) is 0. The first-order valence-corrected chi connectivity index (χ1v) is 6.91. The molecule has 0 aromatic heterocycles. The van der Waals surface area contributed by atoms with Crippen LogP contribution >= 0.6 is 11.6 Å². The van der Waals surface area contributed by atoms with Crippen LogP contribution in [0.15, 0.2) is 24.3 Å². The highest BCUT2D eigenvalue weighted by Crippen LogP contribution is 2.27. The molecule has 0 spiro atoms. The van der Waals surface area contributed by atoms with E-state index < -0.39 is 0 Å². The molecule has 0 saturated heterocycles. The Kier molecular flexibility index (Phi) is 4.47.